The average Bonchev–Trinajstić information content (AvgIpc) is 3.14. The number of nitrogens with one attached hydrogen (secondary N) is 3. The lowest BCUT2D eigenvalue weighted by molar-refractivity contribution is -0.140. The van der Waals surface area contributed by atoms with E-state index in [0.717, 1.165) is 0 Å². The molecule has 1 amide bonds. The Labute approximate surface area is 313 Å². The van der Waals surface area contributed by atoms with E-state index in [1.807, 2.05) is 0 Å². The van der Waals surface area contributed by atoms with E-state index in [0.29, 0.717) is 28.4 Å². The number of phosphoric ester groups is 1. The maximum absolute atomic E-state index is 12.9. The van der Waals surface area contributed by atoms with Crippen molar-refractivity contribution in [2.45, 2.75) is 52.1 Å². The second-order valence-corrected chi connectivity index (χ2v) is 13.1. The van der Waals surface area contributed by atoms with E-state index in [-0.39, 0.29) is 61.4 Å². The maximum atomic E-state index is 12.9. The lowest BCUT2D eigenvalue weighted by Gasteiger charge is -2.15. The predicted molar refractivity (Wildman–Crippen MR) is 194 cm³/mol. The van der Waals surface area contributed by atoms with Crippen LogP contribution in [0.1, 0.15) is 63.5 Å². The third-order valence-corrected chi connectivity index (χ3v) is 8.54. The number of aryl methyl sites for hydroxylation is 2. The van der Waals surface area contributed by atoms with E-state index in [1.54, 1.807) is 44.3 Å². The molecular weight excluding hydrogens is 739 g/mol. The SMILES string of the molecule is C#COP(=O)(OC#C)OCCCCOC(=O)c1ccc(C)cc1OC(=O)CC[C@H](NC(=O)c1ccc(NCc2cnc3[nH]c(C)nc(=O)c3n2)cc1)C(=O)O. The van der Waals surface area contributed by atoms with Crippen molar-refractivity contribution in [1.82, 2.24) is 25.3 Å². The van der Waals surface area contributed by atoms with Crippen LogP contribution >= 0.6 is 7.82 Å². The number of phosphoric acid groups is 1. The summed E-state index contributed by atoms with van der Waals surface area (Å²) in [7, 11) is -4.11. The first-order valence-corrected chi connectivity index (χ1v) is 17.9. The number of amides is 1. The Bertz CT molecular complexity index is 2230. The number of esters is 2. The number of nitrogens with zero attached hydrogens (tertiary/aromatic N) is 3. The molecule has 1 atom stereocenters. The first kappa shape index (κ1) is 41.0. The van der Waals surface area contributed by atoms with Crippen LogP contribution in [0.5, 0.6) is 5.75 Å². The van der Waals surface area contributed by atoms with Crippen LogP contribution in [-0.2, 0) is 39.0 Å². The van der Waals surface area contributed by atoms with Gasteiger partial charge in [0.15, 0.2) is 11.2 Å². The number of terminal acetylenes is 2. The summed E-state index contributed by atoms with van der Waals surface area (Å²) < 4.78 is 36.6. The normalized spacial score (nSPS) is 11.3. The topological polar surface area (TPSA) is 247 Å². The number of ether oxygens (including phenoxy) is 2. The quantitative estimate of drug-likeness (QED) is 0.0348. The lowest BCUT2D eigenvalue weighted by atomic mass is 10.1. The van der Waals surface area contributed by atoms with Gasteiger partial charge < -0.3 is 39.2 Å². The van der Waals surface area contributed by atoms with Gasteiger partial charge in [0.2, 0.25) is 0 Å². The van der Waals surface area contributed by atoms with E-state index in [4.69, 9.17) is 26.8 Å². The number of aromatic nitrogens is 4. The number of rotatable bonds is 19. The van der Waals surface area contributed by atoms with Gasteiger partial charge in [0, 0.05) is 17.7 Å². The predicted octanol–water partition coefficient (Wildman–Crippen LogP) is 3.79. The fourth-order valence-corrected chi connectivity index (χ4v) is 5.48. The van der Waals surface area contributed by atoms with Gasteiger partial charge >= 0.3 is 31.3 Å². The van der Waals surface area contributed by atoms with Crippen molar-refractivity contribution >= 4 is 48.5 Å². The number of carboxylic acid groups (broad SMARTS) is 1. The highest BCUT2D eigenvalue weighted by atomic mass is 31.2. The highest BCUT2D eigenvalue weighted by molar-refractivity contribution is 7.48. The molecule has 0 unspecified atom stereocenters. The number of fused-ring (bicyclic) bond motifs is 1. The second kappa shape index (κ2) is 19.4. The number of carboxylic acids is 1. The number of benzene rings is 2. The van der Waals surface area contributed by atoms with E-state index >= 15 is 0 Å². The molecule has 18 nitrogen and oxygen atoms in total. The number of unbranched alkanes of at least 4 members (excludes halogenated alkanes) is 1. The number of anilines is 1. The number of aliphatic carboxylic acids is 1. The molecule has 4 rings (SSSR count). The zero-order chi connectivity index (χ0) is 40.0. The number of carbonyl (C=O) groups excluding carboxylic acids is 3. The first-order valence-electron chi connectivity index (χ1n) is 16.4. The Morgan fingerprint density at radius 1 is 1.00 bits per heavy atom. The Kier molecular flexibility index (Phi) is 14.4. The van der Waals surface area contributed by atoms with E-state index in [9.17, 15) is 33.6 Å². The van der Waals surface area contributed by atoms with Crippen molar-refractivity contribution in [3.63, 3.8) is 0 Å². The van der Waals surface area contributed by atoms with Crippen molar-refractivity contribution in [2.75, 3.05) is 18.5 Å². The molecule has 0 aliphatic carbocycles. The molecule has 0 saturated carbocycles. The summed E-state index contributed by atoms with van der Waals surface area (Å²) in [5.74, 6) is -3.40. The molecule has 286 valence electrons. The van der Waals surface area contributed by atoms with Crippen molar-refractivity contribution < 1.29 is 51.9 Å². The van der Waals surface area contributed by atoms with Crippen molar-refractivity contribution in [3.8, 4) is 30.8 Å². The molecule has 55 heavy (non-hydrogen) atoms. The number of hydrogen-bond acceptors (Lipinski definition) is 15. The second-order valence-electron chi connectivity index (χ2n) is 11.5. The summed E-state index contributed by atoms with van der Waals surface area (Å²) >= 11 is 0. The summed E-state index contributed by atoms with van der Waals surface area (Å²) in [6.45, 7) is 3.34. The van der Waals surface area contributed by atoms with E-state index in [1.165, 1.54) is 30.5 Å². The lowest BCUT2D eigenvalue weighted by Crippen LogP contribution is -2.41. The van der Waals surface area contributed by atoms with Gasteiger partial charge in [-0.3, -0.25) is 18.9 Å². The van der Waals surface area contributed by atoms with Gasteiger partial charge in [-0.15, -0.1) is 0 Å². The largest absolute Gasteiger partial charge is 0.604 e. The average molecular weight is 775 g/mol. The minimum Gasteiger partial charge on any atom is -0.480 e. The standard InChI is InChI=1S/C36H35N6O12P/c1-5-51-55(49,52-6-2)53-18-8-7-17-50-36(48)27-14-9-22(3)19-29(27)54-30(43)16-15-28(35(46)47)42-33(44)24-10-12-25(13-11-24)37-20-26-21-38-32-31(41-26)34(45)40-23(4)39-32/h1-2,9-14,19,21,28,37H,7-8,15-18,20H2,3-4H3,(H,42,44)(H,46,47)(H,38,39,40,45)/t28-/m0/s1. The van der Waals surface area contributed by atoms with Crippen molar-refractivity contribution in [1.29, 1.82) is 0 Å². The third kappa shape index (κ3) is 12.1. The van der Waals surface area contributed by atoms with Gasteiger partial charge in [-0.2, -0.15) is 4.98 Å². The molecule has 2 aromatic heterocycles. The summed E-state index contributed by atoms with van der Waals surface area (Å²) in [4.78, 5) is 77.8. The summed E-state index contributed by atoms with van der Waals surface area (Å²) in [5.41, 5.74) is 1.77. The van der Waals surface area contributed by atoms with Gasteiger partial charge in [0.25, 0.3) is 5.91 Å². The zero-order valence-electron chi connectivity index (χ0n) is 29.5. The number of carbonyl (C=O) groups is 4. The molecule has 0 saturated heterocycles. The maximum Gasteiger partial charge on any atom is 0.604 e. The van der Waals surface area contributed by atoms with Gasteiger partial charge in [0.05, 0.1) is 31.6 Å². The first-order chi connectivity index (χ1) is 26.3. The number of hydrogen-bond donors (Lipinski definition) is 4. The van der Waals surface area contributed by atoms with Gasteiger partial charge in [0.1, 0.15) is 35.4 Å². The van der Waals surface area contributed by atoms with E-state index in [2.05, 4.69) is 39.6 Å². The van der Waals surface area contributed by atoms with Crippen LogP contribution in [0.3, 0.4) is 0 Å². The molecule has 0 fully saturated rings. The fourth-order valence-electron chi connectivity index (χ4n) is 4.73. The zero-order valence-corrected chi connectivity index (χ0v) is 30.4. The molecule has 0 aliphatic heterocycles. The monoisotopic (exact) mass is 774 g/mol. The Hall–Kier alpha value is -6.75. The fraction of sp³-hybridized carbons (Fsp3) is 0.278. The van der Waals surface area contributed by atoms with Crippen molar-refractivity contribution in [3.05, 3.63) is 87.2 Å². The van der Waals surface area contributed by atoms with Crippen molar-refractivity contribution in [2.24, 2.45) is 0 Å². The molecule has 19 heteroatoms. The van der Waals surface area contributed by atoms with Crippen LogP contribution in [0.15, 0.2) is 53.5 Å². The highest BCUT2D eigenvalue weighted by Gasteiger charge is 2.28. The molecule has 0 aliphatic rings. The minimum atomic E-state index is -4.11. The molecular formula is C36H35N6O12P. The molecule has 2 heterocycles. The minimum absolute atomic E-state index is 0.0571. The molecule has 0 bridgehead atoms. The van der Waals surface area contributed by atoms with Gasteiger partial charge in [-0.1, -0.05) is 18.9 Å². The van der Waals surface area contributed by atoms with Crippen LogP contribution < -0.4 is 20.9 Å². The summed E-state index contributed by atoms with van der Waals surface area (Å²) in [6, 6.07) is 9.17. The Morgan fingerprint density at radius 3 is 2.40 bits per heavy atom. The van der Waals surface area contributed by atoms with Gasteiger partial charge in [-0.25, -0.2) is 24.1 Å². The van der Waals surface area contributed by atoms with Crippen LogP contribution in [-0.4, -0.2) is 68.1 Å². The smallest absolute Gasteiger partial charge is 0.480 e. The molecule has 4 aromatic rings. The van der Waals surface area contributed by atoms with Crippen LogP contribution in [0, 0.1) is 38.9 Å². The molecule has 4 N–H and O–H groups in total. The molecule has 0 spiro atoms. The summed E-state index contributed by atoms with van der Waals surface area (Å²) in [6.07, 6.45) is 14.5. The Morgan fingerprint density at radius 2 is 1.71 bits per heavy atom. The number of H-pyrrole nitrogens is 1. The highest BCUT2D eigenvalue weighted by Crippen LogP contribution is 2.48. The number of aromatic amines is 1. The van der Waals surface area contributed by atoms with Crippen LogP contribution in [0.25, 0.3) is 11.2 Å². The molecule has 2 aromatic carbocycles. The van der Waals surface area contributed by atoms with Crippen LogP contribution in [0.2, 0.25) is 0 Å². The third-order valence-electron chi connectivity index (χ3n) is 7.39. The summed E-state index contributed by atoms with van der Waals surface area (Å²) in [5, 5.41) is 15.2. The Balaban J connectivity index is 1.25. The van der Waals surface area contributed by atoms with Gasteiger partial charge in [-0.05, 0) is 75.1 Å². The van der Waals surface area contributed by atoms with E-state index < -0.39 is 49.7 Å². The molecule has 0 radical (unpaired) electrons. The van der Waals surface area contributed by atoms with Crippen LogP contribution in [0.4, 0.5) is 5.69 Å².